The zero-order chi connectivity index (χ0) is 18.2. The maximum absolute atomic E-state index is 12.5. The number of hydrogen-bond donors (Lipinski definition) is 0. The Balaban J connectivity index is 1.73. The van der Waals surface area contributed by atoms with E-state index in [1.165, 1.54) is 0 Å². The van der Waals surface area contributed by atoms with E-state index in [0.717, 1.165) is 0 Å². The van der Waals surface area contributed by atoms with E-state index in [9.17, 15) is 4.79 Å². The summed E-state index contributed by atoms with van der Waals surface area (Å²) in [6.07, 6.45) is -0.163. The molecule has 0 unspecified atom stereocenters. The summed E-state index contributed by atoms with van der Waals surface area (Å²) in [4.78, 5) is 12.5. The van der Waals surface area contributed by atoms with Crippen molar-refractivity contribution in [1.82, 2.24) is 0 Å². The van der Waals surface area contributed by atoms with Crippen LogP contribution in [0.1, 0.15) is 54.4 Å². The summed E-state index contributed by atoms with van der Waals surface area (Å²) in [5.41, 5.74) is -0.419. The van der Waals surface area contributed by atoms with Gasteiger partial charge in [0, 0.05) is 18.3 Å². The fraction of sp³-hybridized carbons (Fsp3) is 0.947. The molecule has 0 aromatic heterocycles. The molecule has 0 N–H and O–H groups in total. The Labute approximate surface area is 149 Å². The normalized spacial score (nSPS) is 48.0. The lowest BCUT2D eigenvalue weighted by atomic mass is 9.65. The third-order valence-corrected chi connectivity index (χ3v) is 6.21. The predicted molar refractivity (Wildman–Crippen MR) is 88.6 cm³/mol. The van der Waals surface area contributed by atoms with Crippen LogP contribution in [0.4, 0.5) is 0 Å². The van der Waals surface area contributed by atoms with Gasteiger partial charge in [0.1, 0.15) is 18.0 Å². The van der Waals surface area contributed by atoms with Crippen molar-refractivity contribution >= 4 is 5.78 Å². The summed E-state index contributed by atoms with van der Waals surface area (Å²) in [7, 11) is 0. The lowest BCUT2D eigenvalue weighted by Gasteiger charge is -2.42. The Kier molecular flexibility index (Phi) is 3.92. The van der Waals surface area contributed by atoms with Gasteiger partial charge in [0.2, 0.25) is 0 Å². The molecule has 1 spiro atoms. The van der Waals surface area contributed by atoms with E-state index in [1.807, 2.05) is 27.7 Å². The maximum atomic E-state index is 12.5. The molecule has 6 nitrogen and oxygen atoms in total. The van der Waals surface area contributed by atoms with Crippen LogP contribution in [0.25, 0.3) is 0 Å². The standard InChI is InChI=1S/C19H30O6/c1-10(2)12-7-11(20)8-19(12)14(13-9-21-17(3,4)23-13)22-16-15(19)24-18(5,6)25-16/h10,12-16H,7-9H2,1-6H3/t12-,13+,14+,15-,16+,19+/m0/s1. The van der Waals surface area contributed by atoms with Crippen LogP contribution in [0.15, 0.2) is 0 Å². The molecular weight excluding hydrogens is 324 g/mol. The smallest absolute Gasteiger partial charge is 0.188 e. The first-order valence-corrected chi connectivity index (χ1v) is 9.39. The van der Waals surface area contributed by atoms with Gasteiger partial charge in [0.15, 0.2) is 17.9 Å². The second-order valence-corrected chi connectivity index (χ2v) is 9.23. The molecular formula is C19H30O6. The van der Waals surface area contributed by atoms with Gasteiger partial charge in [-0.2, -0.15) is 0 Å². The molecule has 142 valence electrons. The summed E-state index contributed by atoms with van der Waals surface area (Å²) >= 11 is 0. The number of ketones is 1. The molecule has 25 heavy (non-hydrogen) atoms. The van der Waals surface area contributed by atoms with Gasteiger partial charge in [-0.25, -0.2) is 0 Å². The van der Waals surface area contributed by atoms with Crippen LogP contribution in [0, 0.1) is 17.3 Å². The zero-order valence-corrected chi connectivity index (χ0v) is 16.0. The van der Waals surface area contributed by atoms with Gasteiger partial charge in [-0.3, -0.25) is 4.79 Å². The van der Waals surface area contributed by atoms with Crippen LogP contribution in [0.2, 0.25) is 0 Å². The van der Waals surface area contributed by atoms with Crippen LogP contribution in [-0.2, 0) is 28.5 Å². The molecule has 0 aromatic rings. The highest BCUT2D eigenvalue weighted by Gasteiger charge is 2.71. The third kappa shape index (κ3) is 2.69. The molecule has 0 amide bonds. The highest BCUT2D eigenvalue weighted by molar-refractivity contribution is 5.82. The van der Waals surface area contributed by atoms with Crippen molar-refractivity contribution in [2.24, 2.45) is 17.3 Å². The number of rotatable bonds is 2. The fourth-order valence-corrected chi connectivity index (χ4v) is 5.38. The lowest BCUT2D eigenvalue weighted by molar-refractivity contribution is -0.242. The van der Waals surface area contributed by atoms with Crippen LogP contribution < -0.4 is 0 Å². The van der Waals surface area contributed by atoms with Crippen LogP contribution in [0.5, 0.6) is 0 Å². The molecule has 0 aromatic carbocycles. The van der Waals surface area contributed by atoms with E-state index < -0.39 is 23.3 Å². The first-order valence-electron chi connectivity index (χ1n) is 9.39. The minimum atomic E-state index is -0.702. The van der Waals surface area contributed by atoms with Crippen molar-refractivity contribution in [3.8, 4) is 0 Å². The van der Waals surface area contributed by atoms with Crippen molar-refractivity contribution in [1.29, 1.82) is 0 Å². The Morgan fingerprint density at radius 3 is 2.32 bits per heavy atom. The largest absolute Gasteiger partial charge is 0.348 e. The summed E-state index contributed by atoms with van der Waals surface area (Å²) in [5, 5.41) is 0. The second kappa shape index (κ2) is 5.49. The monoisotopic (exact) mass is 354 g/mol. The zero-order valence-electron chi connectivity index (χ0n) is 16.0. The van der Waals surface area contributed by atoms with Gasteiger partial charge in [-0.1, -0.05) is 13.8 Å². The number of hydrogen-bond acceptors (Lipinski definition) is 6. The summed E-state index contributed by atoms with van der Waals surface area (Å²) in [6, 6.07) is 0. The molecule has 4 rings (SSSR count). The van der Waals surface area contributed by atoms with Crippen molar-refractivity contribution in [2.75, 3.05) is 6.61 Å². The Morgan fingerprint density at radius 2 is 1.72 bits per heavy atom. The van der Waals surface area contributed by atoms with Crippen molar-refractivity contribution < 1.29 is 28.5 Å². The molecule has 3 heterocycles. The van der Waals surface area contributed by atoms with E-state index in [0.29, 0.717) is 25.4 Å². The highest BCUT2D eigenvalue weighted by atomic mass is 16.8. The maximum Gasteiger partial charge on any atom is 0.188 e. The average molecular weight is 354 g/mol. The third-order valence-electron chi connectivity index (χ3n) is 6.21. The van der Waals surface area contributed by atoms with Gasteiger partial charge >= 0.3 is 0 Å². The molecule has 4 aliphatic rings. The van der Waals surface area contributed by atoms with Crippen molar-refractivity contribution in [3.05, 3.63) is 0 Å². The lowest BCUT2D eigenvalue weighted by Crippen LogP contribution is -2.51. The SMILES string of the molecule is CC(C)[C@@H]1CC(=O)C[C@]12[C@@H]([C@H]1COC(C)(C)O1)O[C@@H]1OC(C)(C)O[C@@H]12. The minimum absolute atomic E-state index is 0.185. The molecule has 1 saturated carbocycles. The number of ether oxygens (including phenoxy) is 5. The Morgan fingerprint density at radius 1 is 1.00 bits per heavy atom. The minimum Gasteiger partial charge on any atom is -0.348 e. The van der Waals surface area contributed by atoms with Crippen LogP contribution >= 0.6 is 0 Å². The van der Waals surface area contributed by atoms with Crippen LogP contribution in [-0.4, -0.2) is 48.6 Å². The van der Waals surface area contributed by atoms with Gasteiger partial charge < -0.3 is 23.7 Å². The Bertz CT molecular complexity index is 570. The van der Waals surface area contributed by atoms with Gasteiger partial charge in [0.25, 0.3) is 0 Å². The summed E-state index contributed by atoms with van der Waals surface area (Å²) in [5.74, 6) is -0.528. The molecule has 3 saturated heterocycles. The van der Waals surface area contributed by atoms with Gasteiger partial charge in [0.05, 0.1) is 12.7 Å². The summed E-state index contributed by atoms with van der Waals surface area (Å²) < 4.78 is 30.6. The fourth-order valence-electron chi connectivity index (χ4n) is 5.38. The number of carbonyl (C=O) groups is 1. The second-order valence-electron chi connectivity index (χ2n) is 9.23. The molecule has 3 aliphatic heterocycles. The first kappa shape index (κ1) is 17.9. The van der Waals surface area contributed by atoms with Crippen LogP contribution in [0.3, 0.4) is 0 Å². The number of carbonyl (C=O) groups excluding carboxylic acids is 1. The Hall–Kier alpha value is -0.530. The van der Waals surface area contributed by atoms with E-state index in [-0.39, 0.29) is 30.0 Å². The molecule has 4 fully saturated rings. The van der Waals surface area contributed by atoms with Crippen molar-refractivity contribution in [2.45, 2.75) is 90.6 Å². The van der Waals surface area contributed by atoms with E-state index in [4.69, 9.17) is 23.7 Å². The average Bonchev–Trinajstić information content (AvgIpc) is 3.15. The summed E-state index contributed by atoms with van der Waals surface area (Å²) in [6.45, 7) is 12.4. The number of Topliss-reactive ketones (excluding diaryl/α,β-unsaturated/α-hetero) is 1. The number of fused-ring (bicyclic) bond motifs is 2. The van der Waals surface area contributed by atoms with E-state index in [2.05, 4.69) is 13.8 Å². The van der Waals surface area contributed by atoms with Gasteiger partial charge in [-0.15, -0.1) is 0 Å². The molecule has 0 bridgehead atoms. The first-order chi connectivity index (χ1) is 11.5. The highest BCUT2D eigenvalue weighted by Crippen LogP contribution is 2.61. The molecule has 1 aliphatic carbocycles. The quantitative estimate of drug-likeness (QED) is 0.760. The molecule has 6 atom stereocenters. The van der Waals surface area contributed by atoms with Gasteiger partial charge in [-0.05, 0) is 39.5 Å². The topological polar surface area (TPSA) is 63.2 Å². The molecule has 6 heteroatoms. The van der Waals surface area contributed by atoms with E-state index in [1.54, 1.807) is 0 Å². The van der Waals surface area contributed by atoms with Crippen molar-refractivity contribution in [3.63, 3.8) is 0 Å². The predicted octanol–water partition coefficient (Wildman–Crippen LogP) is 2.64. The van der Waals surface area contributed by atoms with E-state index >= 15 is 0 Å². The molecule has 0 radical (unpaired) electrons.